The second kappa shape index (κ2) is 4.33. The van der Waals surface area contributed by atoms with Crippen molar-refractivity contribution in [3.8, 4) is 11.5 Å². The number of methoxy groups -OCH3 is 1. The maximum atomic E-state index is 11.6. The molecule has 0 aliphatic heterocycles. The minimum atomic E-state index is -0.238. The van der Waals surface area contributed by atoms with Gasteiger partial charge in [0.05, 0.1) is 23.7 Å². The number of phenolic OH excluding ortho intramolecular Hbond substituents is 1. The van der Waals surface area contributed by atoms with Gasteiger partial charge in [-0.1, -0.05) is 0 Å². The summed E-state index contributed by atoms with van der Waals surface area (Å²) in [6, 6.07) is 1.72. The van der Waals surface area contributed by atoms with Crippen molar-refractivity contribution in [3.05, 3.63) is 17.9 Å². The van der Waals surface area contributed by atoms with Gasteiger partial charge < -0.3 is 14.3 Å². The standard InChI is InChI=1S/C12H12O4S/c1-6(13)8-9(14)12(17-3)11-7(4-5-16-11)10(8)15-2/h4-5,14H,1-3H3. The number of ether oxygens (including phenoxy) is 1. The van der Waals surface area contributed by atoms with E-state index in [-0.39, 0.29) is 17.1 Å². The van der Waals surface area contributed by atoms with Crippen molar-refractivity contribution in [2.75, 3.05) is 13.4 Å². The van der Waals surface area contributed by atoms with Crippen LogP contribution in [0.15, 0.2) is 21.6 Å². The van der Waals surface area contributed by atoms with E-state index in [0.29, 0.717) is 21.6 Å². The van der Waals surface area contributed by atoms with Crippen LogP contribution in [0.5, 0.6) is 11.5 Å². The highest BCUT2D eigenvalue weighted by atomic mass is 32.2. The van der Waals surface area contributed by atoms with Gasteiger partial charge in [0, 0.05) is 0 Å². The van der Waals surface area contributed by atoms with Crippen LogP contribution in [-0.2, 0) is 0 Å². The van der Waals surface area contributed by atoms with Crippen molar-refractivity contribution in [2.24, 2.45) is 0 Å². The molecule has 90 valence electrons. The first kappa shape index (κ1) is 11.9. The average Bonchev–Trinajstić information content (AvgIpc) is 2.75. The van der Waals surface area contributed by atoms with Crippen molar-refractivity contribution >= 4 is 28.5 Å². The Labute approximate surface area is 103 Å². The van der Waals surface area contributed by atoms with E-state index in [0.717, 1.165) is 0 Å². The highest BCUT2D eigenvalue weighted by molar-refractivity contribution is 7.99. The maximum absolute atomic E-state index is 11.6. The molecule has 1 aromatic carbocycles. The molecule has 0 fully saturated rings. The van der Waals surface area contributed by atoms with Gasteiger partial charge in [-0.15, -0.1) is 11.8 Å². The minimum absolute atomic E-state index is 0.0794. The van der Waals surface area contributed by atoms with Crippen molar-refractivity contribution in [1.29, 1.82) is 0 Å². The number of hydrogen-bond acceptors (Lipinski definition) is 5. The minimum Gasteiger partial charge on any atom is -0.506 e. The van der Waals surface area contributed by atoms with Crippen LogP contribution < -0.4 is 4.74 Å². The van der Waals surface area contributed by atoms with Crippen LogP contribution in [0.2, 0.25) is 0 Å². The third-order valence-corrected chi connectivity index (χ3v) is 3.34. The summed E-state index contributed by atoms with van der Waals surface area (Å²) in [6.45, 7) is 1.40. The third kappa shape index (κ3) is 1.67. The SMILES string of the molecule is COc1c(C(C)=O)c(O)c(SC)c2occc12. The van der Waals surface area contributed by atoms with Crippen LogP contribution in [0.4, 0.5) is 0 Å². The Kier molecular flexibility index (Phi) is 3.02. The van der Waals surface area contributed by atoms with Gasteiger partial charge in [-0.2, -0.15) is 0 Å². The number of carbonyl (C=O) groups is 1. The second-order valence-electron chi connectivity index (χ2n) is 3.51. The predicted molar refractivity (Wildman–Crippen MR) is 66.2 cm³/mol. The Morgan fingerprint density at radius 3 is 2.76 bits per heavy atom. The summed E-state index contributed by atoms with van der Waals surface area (Å²) in [7, 11) is 1.46. The topological polar surface area (TPSA) is 59.7 Å². The van der Waals surface area contributed by atoms with Crippen LogP contribution in [0.25, 0.3) is 11.0 Å². The van der Waals surface area contributed by atoms with E-state index >= 15 is 0 Å². The molecule has 0 spiro atoms. The Morgan fingerprint density at radius 2 is 2.24 bits per heavy atom. The van der Waals surface area contributed by atoms with Crippen LogP contribution >= 0.6 is 11.8 Å². The number of thioether (sulfide) groups is 1. The van der Waals surface area contributed by atoms with Crippen molar-refractivity contribution in [3.63, 3.8) is 0 Å². The quantitative estimate of drug-likeness (QED) is 0.672. The molecule has 1 aromatic heterocycles. The Balaban J connectivity index is 2.96. The molecule has 0 radical (unpaired) electrons. The molecule has 1 heterocycles. The highest BCUT2D eigenvalue weighted by Crippen LogP contribution is 2.44. The van der Waals surface area contributed by atoms with E-state index in [1.54, 1.807) is 6.07 Å². The summed E-state index contributed by atoms with van der Waals surface area (Å²) in [5.41, 5.74) is 0.739. The zero-order valence-electron chi connectivity index (χ0n) is 9.73. The maximum Gasteiger partial charge on any atom is 0.167 e. The molecular formula is C12H12O4S. The summed E-state index contributed by atoms with van der Waals surface area (Å²) in [5.74, 6) is 0.0404. The van der Waals surface area contributed by atoms with Gasteiger partial charge in [0.15, 0.2) is 11.4 Å². The van der Waals surface area contributed by atoms with Gasteiger partial charge >= 0.3 is 0 Å². The molecule has 0 saturated carbocycles. The number of fused-ring (bicyclic) bond motifs is 1. The van der Waals surface area contributed by atoms with E-state index < -0.39 is 0 Å². The van der Waals surface area contributed by atoms with E-state index in [4.69, 9.17) is 9.15 Å². The largest absolute Gasteiger partial charge is 0.506 e. The first-order valence-corrected chi connectivity index (χ1v) is 6.19. The molecule has 5 heteroatoms. The molecule has 0 unspecified atom stereocenters. The molecule has 0 saturated heterocycles. The third-order valence-electron chi connectivity index (χ3n) is 2.56. The first-order chi connectivity index (χ1) is 8.11. The first-order valence-electron chi connectivity index (χ1n) is 4.96. The smallest absolute Gasteiger partial charge is 0.167 e. The fourth-order valence-corrected chi connectivity index (χ4v) is 2.49. The van der Waals surface area contributed by atoms with Crippen LogP contribution in [0, 0.1) is 0 Å². The molecule has 0 aliphatic rings. The lowest BCUT2D eigenvalue weighted by atomic mass is 10.1. The number of aromatic hydroxyl groups is 1. The molecule has 2 aromatic rings. The van der Waals surface area contributed by atoms with E-state index in [2.05, 4.69) is 0 Å². The molecule has 0 atom stereocenters. The van der Waals surface area contributed by atoms with E-state index in [1.807, 2.05) is 6.26 Å². The monoisotopic (exact) mass is 252 g/mol. The molecular weight excluding hydrogens is 240 g/mol. The second-order valence-corrected chi connectivity index (χ2v) is 4.33. The average molecular weight is 252 g/mol. The highest BCUT2D eigenvalue weighted by Gasteiger charge is 2.23. The lowest BCUT2D eigenvalue weighted by molar-refractivity contribution is 0.101. The van der Waals surface area contributed by atoms with Crippen LogP contribution in [-0.4, -0.2) is 24.3 Å². The molecule has 2 rings (SSSR count). The molecule has 0 bridgehead atoms. The number of carbonyl (C=O) groups excluding carboxylic acids is 1. The number of ketones is 1. The fraction of sp³-hybridized carbons (Fsp3) is 0.250. The Morgan fingerprint density at radius 1 is 1.53 bits per heavy atom. The molecule has 1 N–H and O–H groups in total. The summed E-state index contributed by atoms with van der Waals surface area (Å²) in [6.07, 6.45) is 3.32. The molecule has 17 heavy (non-hydrogen) atoms. The summed E-state index contributed by atoms with van der Waals surface area (Å²) < 4.78 is 10.5. The zero-order valence-corrected chi connectivity index (χ0v) is 10.6. The Hall–Kier alpha value is -1.62. The van der Waals surface area contributed by atoms with Gasteiger partial charge in [-0.05, 0) is 19.2 Å². The van der Waals surface area contributed by atoms with Gasteiger partial charge in [0.1, 0.15) is 17.1 Å². The summed E-state index contributed by atoms with van der Waals surface area (Å²) in [5, 5.41) is 10.8. The van der Waals surface area contributed by atoms with Crippen molar-refractivity contribution in [1.82, 2.24) is 0 Å². The molecule has 0 aliphatic carbocycles. The number of rotatable bonds is 3. The Bertz CT molecular complexity index is 586. The van der Waals surface area contributed by atoms with Crippen LogP contribution in [0.3, 0.4) is 0 Å². The van der Waals surface area contributed by atoms with Gasteiger partial charge in [0.25, 0.3) is 0 Å². The number of benzene rings is 1. The predicted octanol–water partition coefficient (Wildman–Crippen LogP) is 3.07. The summed E-state index contributed by atoms with van der Waals surface area (Å²) in [4.78, 5) is 12.2. The van der Waals surface area contributed by atoms with Crippen molar-refractivity contribution < 1.29 is 19.1 Å². The van der Waals surface area contributed by atoms with E-state index in [9.17, 15) is 9.90 Å². The fourth-order valence-electron chi connectivity index (χ4n) is 1.86. The molecule has 4 nitrogen and oxygen atoms in total. The zero-order chi connectivity index (χ0) is 12.6. The number of hydrogen-bond donors (Lipinski definition) is 1. The summed E-state index contributed by atoms with van der Waals surface area (Å²) >= 11 is 1.33. The lowest BCUT2D eigenvalue weighted by Gasteiger charge is -2.12. The van der Waals surface area contributed by atoms with Crippen molar-refractivity contribution in [2.45, 2.75) is 11.8 Å². The van der Waals surface area contributed by atoms with Crippen LogP contribution in [0.1, 0.15) is 17.3 Å². The lowest BCUT2D eigenvalue weighted by Crippen LogP contribution is -1.99. The number of phenols is 1. The number of furan rings is 1. The molecule has 0 amide bonds. The van der Waals surface area contributed by atoms with E-state index in [1.165, 1.54) is 32.1 Å². The number of Topliss-reactive ketones (excluding diaryl/α,β-unsaturated/α-hetero) is 1. The normalized spacial score (nSPS) is 10.8. The van der Waals surface area contributed by atoms with Gasteiger partial charge in [-0.25, -0.2) is 0 Å². The van der Waals surface area contributed by atoms with Gasteiger partial charge in [-0.3, -0.25) is 4.79 Å². The van der Waals surface area contributed by atoms with Gasteiger partial charge in [0.2, 0.25) is 0 Å².